The van der Waals surface area contributed by atoms with Crippen LogP contribution < -0.4 is 5.73 Å². The highest BCUT2D eigenvalue weighted by atomic mass is 14.8. The van der Waals surface area contributed by atoms with E-state index < -0.39 is 0 Å². The average Bonchev–Trinajstić information content (AvgIpc) is 2.16. The van der Waals surface area contributed by atoms with E-state index in [9.17, 15) is 0 Å². The van der Waals surface area contributed by atoms with E-state index in [0.29, 0.717) is 0 Å². The Morgan fingerprint density at radius 3 is 3.08 bits per heavy atom. The second-order valence-corrected chi connectivity index (χ2v) is 2.60. The highest BCUT2D eigenvalue weighted by Gasteiger charge is 2.07. The van der Waals surface area contributed by atoms with Crippen molar-refractivity contribution < 1.29 is 0 Å². The van der Waals surface area contributed by atoms with Crippen LogP contribution in [0.5, 0.6) is 0 Å². The van der Waals surface area contributed by atoms with E-state index >= 15 is 0 Å². The lowest BCUT2D eigenvalue weighted by Gasteiger charge is -2.09. The first-order valence-electron chi connectivity index (χ1n) is 3.96. The molecule has 1 heterocycles. The van der Waals surface area contributed by atoms with Gasteiger partial charge in [-0.1, -0.05) is 12.8 Å². The average molecular weight is 160 g/mol. The van der Waals surface area contributed by atoms with Crippen LogP contribution in [0.2, 0.25) is 0 Å². The maximum atomic E-state index is 5.81. The SMILES string of the molecule is C#Cc1cccnc1[C@H](N)CC. The maximum Gasteiger partial charge on any atom is 0.0726 e. The highest BCUT2D eigenvalue weighted by molar-refractivity contribution is 5.36. The molecule has 2 N–H and O–H groups in total. The van der Waals surface area contributed by atoms with Gasteiger partial charge in [0.2, 0.25) is 0 Å². The van der Waals surface area contributed by atoms with Crippen molar-refractivity contribution in [1.82, 2.24) is 4.98 Å². The summed E-state index contributed by atoms with van der Waals surface area (Å²) in [5.74, 6) is 2.57. The maximum absolute atomic E-state index is 5.81. The summed E-state index contributed by atoms with van der Waals surface area (Å²) in [7, 11) is 0. The Hall–Kier alpha value is -1.33. The monoisotopic (exact) mass is 160 g/mol. The van der Waals surface area contributed by atoms with Gasteiger partial charge < -0.3 is 5.73 Å². The first kappa shape index (κ1) is 8.76. The van der Waals surface area contributed by atoms with Crippen molar-refractivity contribution in [2.24, 2.45) is 5.73 Å². The molecular formula is C10H12N2. The predicted octanol–water partition coefficient (Wildman–Crippen LogP) is 1.47. The first-order chi connectivity index (χ1) is 5.79. The number of hydrogen-bond acceptors (Lipinski definition) is 2. The quantitative estimate of drug-likeness (QED) is 0.665. The number of nitrogens with two attached hydrogens (primary N) is 1. The summed E-state index contributed by atoms with van der Waals surface area (Å²) in [6, 6.07) is 3.64. The molecule has 62 valence electrons. The van der Waals surface area contributed by atoms with Crippen LogP contribution in [0.3, 0.4) is 0 Å². The number of rotatable bonds is 2. The summed E-state index contributed by atoms with van der Waals surface area (Å²) in [4.78, 5) is 4.15. The molecule has 0 radical (unpaired) electrons. The van der Waals surface area contributed by atoms with Gasteiger partial charge in [-0.2, -0.15) is 0 Å². The molecule has 0 aliphatic heterocycles. The summed E-state index contributed by atoms with van der Waals surface area (Å²) in [5.41, 5.74) is 7.43. The van der Waals surface area contributed by atoms with Crippen LogP contribution >= 0.6 is 0 Å². The zero-order valence-corrected chi connectivity index (χ0v) is 7.12. The highest BCUT2D eigenvalue weighted by Crippen LogP contribution is 2.14. The molecule has 2 heteroatoms. The molecule has 0 saturated heterocycles. The third-order valence-corrected chi connectivity index (χ3v) is 1.79. The van der Waals surface area contributed by atoms with Crippen LogP contribution in [0.25, 0.3) is 0 Å². The standard InChI is InChI=1S/C10H12N2/c1-3-8-6-5-7-12-10(8)9(11)4-2/h1,5-7,9H,4,11H2,2H3/t9-/m1/s1. The van der Waals surface area contributed by atoms with Gasteiger partial charge in [0.05, 0.1) is 5.69 Å². The molecule has 1 rings (SSSR count). The molecule has 1 atom stereocenters. The van der Waals surface area contributed by atoms with Crippen molar-refractivity contribution in [3.8, 4) is 12.3 Å². The van der Waals surface area contributed by atoms with Gasteiger partial charge in [0.15, 0.2) is 0 Å². The Kier molecular flexibility index (Phi) is 2.84. The minimum absolute atomic E-state index is 0.0442. The molecule has 0 aromatic carbocycles. The van der Waals surface area contributed by atoms with Crippen LogP contribution in [0.4, 0.5) is 0 Å². The fraction of sp³-hybridized carbons (Fsp3) is 0.300. The van der Waals surface area contributed by atoms with Crippen molar-refractivity contribution in [1.29, 1.82) is 0 Å². The minimum Gasteiger partial charge on any atom is -0.323 e. The molecular weight excluding hydrogens is 148 g/mol. The molecule has 0 spiro atoms. The molecule has 0 bridgehead atoms. The Morgan fingerprint density at radius 2 is 2.50 bits per heavy atom. The molecule has 0 amide bonds. The van der Waals surface area contributed by atoms with Crippen molar-refractivity contribution in [3.05, 3.63) is 29.6 Å². The Balaban J connectivity index is 3.07. The van der Waals surface area contributed by atoms with Gasteiger partial charge >= 0.3 is 0 Å². The molecule has 1 aromatic rings. The Bertz CT molecular complexity index is 299. The zero-order valence-electron chi connectivity index (χ0n) is 7.12. The van der Waals surface area contributed by atoms with Crippen LogP contribution in [0, 0.1) is 12.3 Å². The molecule has 12 heavy (non-hydrogen) atoms. The fourth-order valence-corrected chi connectivity index (χ4v) is 1.03. The largest absolute Gasteiger partial charge is 0.323 e. The lowest BCUT2D eigenvalue weighted by molar-refractivity contribution is 0.673. The third kappa shape index (κ3) is 1.63. The number of terminal acetylenes is 1. The summed E-state index contributed by atoms with van der Waals surface area (Å²) < 4.78 is 0. The van der Waals surface area contributed by atoms with Crippen LogP contribution in [0.1, 0.15) is 30.6 Å². The van der Waals surface area contributed by atoms with Gasteiger partial charge in [0.1, 0.15) is 0 Å². The van der Waals surface area contributed by atoms with E-state index in [2.05, 4.69) is 10.9 Å². The molecule has 0 aliphatic rings. The number of pyridine rings is 1. The van der Waals surface area contributed by atoms with Crippen LogP contribution in [-0.4, -0.2) is 4.98 Å². The minimum atomic E-state index is -0.0442. The van der Waals surface area contributed by atoms with E-state index in [1.165, 1.54) is 0 Å². The van der Waals surface area contributed by atoms with Crippen LogP contribution in [-0.2, 0) is 0 Å². The van der Waals surface area contributed by atoms with Crippen molar-refractivity contribution in [2.75, 3.05) is 0 Å². The lowest BCUT2D eigenvalue weighted by Crippen LogP contribution is -2.12. The summed E-state index contributed by atoms with van der Waals surface area (Å²) >= 11 is 0. The van der Waals surface area contributed by atoms with E-state index in [4.69, 9.17) is 12.2 Å². The third-order valence-electron chi connectivity index (χ3n) is 1.79. The number of hydrogen-bond donors (Lipinski definition) is 1. The first-order valence-corrected chi connectivity index (χ1v) is 3.96. The van der Waals surface area contributed by atoms with E-state index in [-0.39, 0.29) is 6.04 Å². The second kappa shape index (κ2) is 3.89. The van der Waals surface area contributed by atoms with Crippen molar-refractivity contribution in [3.63, 3.8) is 0 Å². The molecule has 0 aliphatic carbocycles. The summed E-state index contributed by atoms with van der Waals surface area (Å²) in [6.45, 7) is 2.01. The normalized spacial score (nSPS) is 12.1. The molecule has 2 nitrogen and oxygen atoms in total. The topological polar surface area (TPSA) is 38.9 Å². The number of nitrogens with zero attached hydrogens (tertiary/aromatic N) is 1. The van der Waals surface area contributed by atoms with Gasteiger partial charge in [0, 0.05) is 17.8 Å². The summed E-state index contributed by atoms with van der Waals surface area (Å²) in [5, 5.41) is 0. The van der Waals surface area contributed by atoms with Gasteiger partial charge in [-0.3, -0.25) is 4.98 Å². The fourth-order valence-electron chi connectivity index (χ4n) is 1.03. The van der Waals surface area contributed by atoms with Crippen LogP contribution in [0.15, 0.2) is 18.3 Å². The zero-order chi connectivity index (χ0) is 8.97. The molecule has 0 fully saturated rings. The summed E-state index contributed by atoms with van der Waals surface area (Å²) in [6.07, 6.45) is 7.86. The van der Waals surface area contributed by atoms with E-state index in [0.717, 1.165) is 17.7 Å². The smallest absolute Gasteiger partial charge is 0.0726 e. The molecule has 0 unspecified atom stereocenters. The van der Waals surface area contributed by atoms with Gasteiger partial charge in [-0.25, -0.2) is 0 Å². The Labute approximate surface area is 72.8 Å². The lowest BCUT2D eigenvalue weighted by atomic mass is 10.1. The van der Waals surface area contributed by atoms with Crippen molar-refractivity contribution >= 4 is 0 Å². The van der Waals surface area contributed by atoms with Gasteiger partial charge in [-0.15, -0.1) is 6.42 Å². The van der Waals surface area contributed by atoms with Gasteiger partial charge in [0.25, 0.3) is 0 Å². The predicted molar refractivity (Wildman–Crippen MR) is 49.4 cm³/mol. The second-order valence-electron chi connectivity index (χ2n) is 2.60. The molecule has 0 saturated carbocycles. The van der Waals surface area contributed by atoms with Crippen molar-refractivity contribution in [2.45, 2.75) is 19.4 Å². The van der Waals surface area contributed by atoms with Gasteiger partial charge in [-0.05, 0) is 18.6 Å². The van der Waals surface area contributed by atoms with E-state index in [1.807, 2.05) is 19.1 Å². The Morgan fingerprint density at radius 1 is 1.75 bits per heavy atom. The number of aromatic nitrogens is 1. The van der Waals surface area contributed by atoms with E-state index in [1.54, 1.807) is 6.20 Å². The molecule has 1 aromatic heterocycles.